The molecule has 4 nitrogen and oxygen atoms in total. The van der Waals surface area contributed by atoms with Gasteiger partial charge in [-0.15, -0.1) is 0 Å². The van der Waals surface area contributed by atoms with E-state index in [1.54, 1.807) is 24.0 Å². The van der Waals surface area contributed by atoms with Crippen molar-refractivity contribution >= 4 is 17.5 Å². The monoisotopic (exact) mass is 243 g/mol. The summed E-state index contributed by atoms with van der Waals surface area (Å²) in [4.78, 5) is 13.6. The zero-order valence-electron chi connectivity index (χ0n) is 9.02. The molecule has 1 saturated heterocycles. The van der Waals surface area contributed by atoms with Crippen LogP contribution in [0.3, 0.4) is 0 Å². The second-order valence-electron chi connectivity index (χ2n) is 4.14. The summed E-state index contributed by atoms with van der Waals surface area (Å²) in [6.07, 6.45) is 0.454. The lowest BCUT2D eigenvalue weighted by atomic mass is 10.0. The van der Waals surface area contributed by atoms with Crippen molar-refractivity contribution in [3.63, 3.8) is 0 Å². The van der Waals surface area contributed by atoms with E-state index in [0.29, 0.717) is 13.1 Å². The van der Waals surface area contributed by atoms with E-state index in [1.807, 2.05) is 0 Å². The number of carbonyl (C=O) groups excluding carboxylic acids is 1. The molecule has 2 rings (SSSR count). The lowest BCUT2D eigenvalue weighted by Crippen LogP contribution is -2.30. The Kier molecular flexibility index (Phi) is 3.21. The first-order valence-electron chi connectivity index (χ1n) is 5.30. The van der Waals surface area contributed by atoms with Crippen LogP contribution in [0, 0.1) is 5.92 Å². The molecule has 1 aliphatic heterocycles. The fraction of sp³-hybridized carbons (Fsp3) is 0.545. The Labute approximate surface area is 98.8 Å². The van der Waals surface area contributed by atoms with Crippen LogP contribution < -0.4 is 0 Å². The van der Waals surface area contributed by atoms with Crippen LogP contribution in [0.5, 0.6) is 0 Å². The molecule has 2 atom stereocenters. The van der Waals surface area contributed by atoms with Gasteiger partial charge < -0.3 is 14.4 Å². The van der Waals surface area contributed by atoms with Crippen LogP contribution in [0.25, 0.3) is 0 Å². The second-order valence-corrected chi connectivity index (χ2v) is 4.52. The van der Waals surface area contributed by atoms with Crippen molar-refractivity contribution < 1.29 is 14.3 Å². The molecule has 1 aromatic rings. The van der Waals surface area contributed by atoms with Gasteiger partial charge in [0.2, 0.25) is 0 Å². The summed E-state index contributed by atoms with van der Waals surface area (Å²) in [7, 11) is 0. The highest BCUT2D eigenvalue weighted by Crippen LogP contribution is 2.23. The minimum atomic E-state index is -0.377. The van der Waals surface area contributed by atoms with Crippen molar-refractivity contribution in [2.24, 2.45) is 5.92 Å². The third-order valence-electron chi connectivity index (χ3n) is 2.98. The van der Waals surface area contributed by atoms with Gasteiger partial charge in [0.1, 0.15) is 0 Å². The molecule has 16 heavy (non-hydrogen) atoms. The third kappa shape index (κ3) is 2.23. The van der Waals surface area contributed by atoms with Gasteiger partial charge in [-0.05, 0) is 37.1 Å². The van der Waals surface area contributed by atoms with E-state index in [0.717, 1.165) is 6.42 Å². The SMILES string of the molecule is CC(O)C1CCN(C(=O)c2ccc(Cl)o2)C1. The number of hydrogen-bond acceptors (Lipinski definition) is 3. The van der Waals surface area contributed by atoms with Crippen LogP contribution >= 0.6 is 11.6 Å². The number of hydrogen-bond donors (Lipinski definition) is 1. The van der Waals surface area contributed by atoms with Crippen LogP contribution in [-0.2, 0) is 0 Å². The Balaban J connectivity index is 2.02. The van der Waals surface area contributed by atoms with Crippen LogP contribution in [0.15, 0.2) is 16.5 Å². The number of furan rings is 1. The molecule has 1 aromatic heterocycles. The zero-order valence-corrected chi connectivity index (χ0v) is 9.78. The summed E-state index contributed by atoms with van der Waals surface area (Å²) in [6.45, 7) is 2.99. The van der Waals surface area contributed by atoms with Crippen molar-refractivity contribution in [3.05, 3.63) is 23.1 Å². The van der Waals surface area contributed by atoms with Crippen molar-refractivity contribution in [1.29, 1.82) is 0 Å². The summed E-state index contributed by atoms with van der Waals surface area (Å²) in [5, 5.41) is 9.66. The minimum Gasteiger partial charge on any atom is -0.440 e. The van der Waals surface area contributed by atoms with Crippen LogP contribution in [0.4, 0.5) is 0 Å². The fourth-order valence-corrected chi connectivity index (χ4v) is 2.10. The predicted molar refractivity (Wildman–Crippen MR) is 59.4 cm³/mol. The Morgan fingerprint density at radius 2 is 2.44 bits per heavy atom. The molecule has 5 heteroatoms. The van der Waals surface area contributed by atoms with Gasteiger partial charge in [0.05, 0.1) is 6.10 Å². The van der Waals surface area contributed by atoms with E-state index in [2.05, 4.69) is 0 Å². The average molecular weight is 244 g/mol. The summed E-state index contributed by atoms with van der Waals surface area (Å²) >= 11 is 5.61. The van der Waals surface area contributed by atoms with E-state index in [4.69, 9.17) is 16.0 Å². The van der Waals surface area contributed by atoms with Gasteiger partial charge >= 0.3 is 0 Å². The summed E-state index contributed by atoms with van der Waals surface area (Å²) in [5.41, 5.74) is 0. The minimum absolute atomic E-state index is 0.157. The fourth-order valence-electron chi connectivity index (χ4n) is 1.95. The summed E-state index contributed by atoms with van der Waals surface area (Å²) in [5.74, 6) is 0.265. The van der Waals surface area contributed by atoms with Gasteiger partial charge in [-0.1, -0.05) is 0 Å². The first-order chi connectivity index (χ1) is 7.58. The second kappa shape index (κ2) is 4.47. The highest BCUT2D eigenvalue weighted by atomic mass is 35.5. The van der Waals surface area contributed by atoms with Gasteiger partial charge in [0, 0.05) is 19.0 Å². The van der Waals surface area contributed by atoms with Gasteiger partial charge in [-0.3, -0.25) is 4.79 Å². The molecule has 2 heterocycles. The van der Waals surface area contributed by atoms with E-state index in [1.165, 1.54) is 0 Å². The molecule has 2 unspecified atom stereocenters. The molecule has 1 aliphatic rings. The summed E-state index contributed by atoms with van der Waals surface area (Å²) in [6, 6.07) is 3.12. The topological polar surface area (TPSA) is 53.7 Å². The normalized spacial score (nSPS) is 22.4. The number of aliphatic hydroxyl groups excluding tert-OH is 1. The molecule has 1 fully saturated rings. The van der Waals surface area contributed by atoms with Gasteiger partial charge in [-0.25, -0.2) is 0 Å². The van der Waals surface area contributed by atoms with E-state index >= 15 is 0 Å². The highest BCUT2D eigenvalue weighted by molar-refractivity contribution is 6.29. The number of likely N-dealkylation sites (tertiary alicyclic amines) is 1. The van der Waals surface area contributed by atoms with E-state index in [9.17, 15) is 9.90 Å². The molecule has 0 aromatic carbocycles. The number of amides is 1. The molecular formula is C11H14ClNO3. The molecule has 0 aliphatic carbocycles. The zero-order chi connectivity index (χ0) is 11.7. The number of aliphatic hydroxyl groups is 1. The Morgan fingerprint density at radius 3 is 2.94 bits per heavy atom. The standard InChI is InChI=1S/C11H14ClNO3/c1-7(14)8-4-5-13(6-8)11(15)9-2-3-10(12)16-9/h2-3,7-8,14H,4-6H2,1H3. The molecule has 0 spiro atoms. The van der Waals surface area contributed by atoms with Gasteiger partial charge in [-0.2, -0.15) is 0 Å². The van der Waals surface area contributed by atoms with E-state index in [-0.39, 0.29) is 28.9 Å². The van der Waals surface area contributed by atoms with E-state index < -0.39 is 0 Å². The molecular weight excluding hydrogens is 230 g/mol. The predicted octanol–water partition coefficient (Wildman–Crippen LogP) is 1.78. The number of nitrogens with zero attached hydrogens (tertiary/aromatic N) is 1. The molecule has 88 valence electrons. The Morgan fingerprint density at radius 1 is 1.69 bits per heavy atom. The van der Waals surface area contributed by atoms with Crippen LogP contribution in [0.2, 0.25) is 5.22 Å². The molecule has 1 N–H and O–H groups in total. The van der Waals surface area contributed by atoms with Crippen LogP contribution in [-0.4, -0.2) is 35.1 Å². The molecule has 1 amide bonds. The molecule has 0 saturated carbocycles. The van der Waals surface area contributed by atoms with Crippen LogP contribution in [0.1, 0.15) is 23.9 Å². The average Bonchev–Trinajstić information content (AvgIpc) is 2.84. The van der Waals surface area contributed by atoms with Crippen molar-refractivity contribution in [1.82, 2.24) is 4.90 Å². The Bertz CT molecular complexity index is 388. The maximum Gasteiger partial charge on any atom is 0.289 e. The smallest absolute Gasteiger partial charge is 0.289 e. The maximum atomic E-state index is 11.9. The van der Waals surface area contributed by atoms with Gasteiger partial charge in [0.15, 0.2) is 11.0 Å². The molecule has 0 bridgehead atoms. The summed E-state index contributed by atoms with van der Waals surface area (Å²) < 4.78 is 5.07. The largest absolute Gasteiger partial charge is 0.440 e. The first-order valence-corrected chi connectivity index (χ1v) is 5.68. The van der Waals surface area contributed by atoms with Crippen molar-refractivity contribution in [2.45, 2.75) is 19.4 Å². The third-order valence-corrected chi connectivity index (χ3v) is 3.18. The lowest BCUT2D eigenvalue weighted by Gasteiger charge is -2.16. The van der Waals surface area contributed by atoms with Crippen molar-refractivity contribution in [2.75, 3.05) is 13.1 Å². The maximum absolute atomic E-state index is 11.9. The number of carbonyl (C=O) groups is 1. The van der Waals surface area contributed by atoms with Crippen molar-refractivity contribution in [3.8, 4) is 0 Å². The molecule has 0 radical (unpaired) electrons. The quantitative estimate of drug-likeness (QED) is 0.862. The number of halogens is 1. The highest BCUT2D eigenvalue weighted by Gasteiger charge is 2.30. The number of rotatable bonds is 2. The lowest BCUT2D eigenvalue weighted by molar-refractivity contribution is 0.0732. The Hall–Kier alpha value is -1.00. The van der Waals surface area contributed by atoms with Gasteiger partial charge in [0.25, 0.3) is 5.91 Å². The first kappa shape index (κ1) is 11.5.